The van der Waals surface area contributed by atoms with Gasteiger partial charge in [-0.1, -0.05) is 29.8 Å². The number of methoxy groups -OCH3 is 1. The molecule has 3 aromatic carbocycles. The molecule has 2 aliphatic heterocycles. The quantitative estimate of drug-likeness (QED) is 0.411. The minimum atomic E-state index is -1.19. The van der Waals surface area contributed by atoms with E-state index in [4.69, 9.17) is 38.0 Å². The largest absolute Gasteiger partial charge is 0.497 e. The van der Waals surface area contributed by atoms with Gasteiger partial charge in [0, 0.05) is 22.0 Å². The number of anilines is 2. The second-order valence-electron chi connectivity index (χ2n) is 8.70. The first kappa shape index (κ1) is 24.2. The Balaban J connectivity index is 1.62. The summed E-state index contributed by atoms with van der Waals surface area (Å²) in [5.41, 5.74) is 0.976. The van der Waals surface area contributed by atoms with E-state index in [1.807, 2.05) is 49.1 Å². The van der Waals surface area contributed by atoms with Crippen molar-refractivity contribution in [2.24, 2.45) is 5.92 Å². The maximum Gasteiger partial charge on any atom is 0.236 e. The number of para-hydroxylation sites is 1. The van der Waals surface area contributed by atoms with Crippen molar-refractivity contribution in [3.05, 3.63) is 77.3 Å². The lowest BCUT2D eigenvalue weighted by atomic mass is 9.78. The Morgan fingerprint density at radius 3 is 2.64 bits per heavy atom. The molecule has 36 heavy (non-hydrogen) atoms. The number of nitrogens with zero attached hydrogens (tertiary/aromatic N) is 1. The van der Waals surface area contributed by atoms with Crippen LogP contribution in [-0.2, 0) is 4.79 Å². The van der Waals surface area contributed by atoms with Crippen molar-refractivity contribution < 1.29 is 19.0 Å². The molecule has 186 valence electrons. The summed E-state index contributed by atoms with van der Waals surface area (Å²) in [7, 11) is 1.60. The lowest BCUT2D eigenvalue weighted by molar-refractivity contribution is -0.130. The zero-order chi connectivity index (χ0) is 25.4. The molecule has 2 N–H and O–H groups in total. The average Bonchev–Trinajstić information content (AvgIpc) is 2.84. The van der Waals surface area contributed by atoms with E-state index in [2.05, 4.69) is 10.6 Å². The molecule has 5 rings (SSSR count). The molecule has 0 radical (unpaired) electrons. The van der Waals surface area contributed by atoms with E-state index in [1.165, 1.54) is 0 Å². The van der Waals surface area contributed by atoms with Gasteiger partial charge in [-0.05, 0) is 74.6 Å². The Hall–Kier alpha value is -3.49. The van der Waals surface area contributed by atoms with Crippen LogP contribution in [0.4, 0.5) is 11.4 Å². The second-order valence-corrected chi connectivity index (χ2v) is 9.53. The van der Waals surface area contributed by atoms with Gasteiger partial charge in [0.1, 0.15) is 11.7 Å². The maximum atomic E-state index is 13.9. The van der Waals surface area contributed by atoms with E-state index in [0.717, 1.165) is 5.56 Å². The van der Waals surface area contributed by atoms with Gasteiger partial charge < -0.3 is 24.8 Å². The summed E-state index contributed by atoms with van der Waals surface area (Å²) in [5.74, 6) is 0.995. The number of benzene rings is 3. The van der Waals surface area contributed by atoms with Gasteiger partial charge >= 0.3 is 0 Å². The summed E-state index contributed by atoms with van der Waals surface area (Å²) in [5, 5.41) is 7.43. The smallest absolute Gasteiger partial charge is 0.236 e. The topological polar surface area (TPSA) is 72.1 Å². The SMILES string of the molecule is CCOc1cccc2c1O[C@@]1(C)[C@@H](C(=O)Nc3ccc(OC)cc3)[C@H]2NC(=S)N1c1cccc(Cl)c1. The monoisotopic (exact) mass is 523 g/mol. The Kier molecular flexibility index (Phi) is 6.40. The van der Waals surface area contributed by atoms with E-state index in [0.29, 0.717) is 45.4 Å². The number of carbonyl (C=O) groups is 1. The molecule has 1 fully saturated rings. The second kappa shape index (κ2) is 9.52. The molecule has 2 aliphatic rings. The molecule has 1 amide bonds. The molecule has 1 saturated heterocycles. The fourth-order valence-electron chi connectivity index (χ4n) is 4.94. The zero-order valence-electron chi connectivity index (χ0n) is 20.1. The predicted molar refractivity (Wildman–Crippen MR) is 144 cm³/mol. The average molecular weight is 524 g/mol. The molecule has 0 saturated carbocycles. The molecule has 0 spiro atoms. The van der Waals surface area contributed by atoms with Crippen LogP contribution < -0.4 is 29.7 Å². The van der Waals surface area contributed by atoms with Crippen molar-refractivity contribution in [1.82, 2.24) is 5.32 Å². The Morgan fingerprint density at radius 2 is 1.94 bits per heavy atom. The molecular formula is C27H26ClN3O4S. The van der Waals surface area contributed by atoms with Gasteiger partial charge in [0.15, 0.2) is 22.3 Å². The number of thiocarbonyl (C=S) groups is 1. The molecule has 2 heterocycles. The highest BCUT2D eigenvalue weighted by molar-refractivity contribution is 7.80. The first-order valence-corrected chi connectivity index (χ1v) is 12.4. The zero-order valence-corrected chi connectivity index (χ0v) is 21.7. The normalized spacial score (nSPS) is 22.1. The predicted octanol–water partition coefficient (Wildman–Crippen LogP) is 5.55. The van der Waals surface area contributed by atoms with Crippen LogP contribution in [-0.4, -0.2) is 30.5 Å². The summed E-state index contributed by atoms with van der Waals surface area (Å²) < 4.78 is 17.8. The number of ether oxygens (including phenoxy) is 3. The number of carbonyl (C=O) groups excluding carboxylic acids is 1. The van der Waals surface area contributed by atoms with Crippen molar-refractivity contribution in [2.45, 2.75) is 25.6 Å². The minimum absolute atomic E-state index is 0.220. The lowest BCUT2D eigenvalue weighted by Crippen LogP contribution is -2.72. The summed E-state index contributed by atoms with van der Waals surface area (Å²) >= 11 is 12.1. The van der Waals surface area contributed by atoms with Gasteiger partial charge in [-0.2, -0.15) is 0 Å². The van der Waals surface area contributed by atoms with Crippen molar-refractivity contribution in [3.63, 3.8) is 0 Å². The van der Waals surface area contributed by atoms with Crippen LogP contribution in [0.5, 0.6) is 17.2 Å². The fraction of sp³-hybridized carbons (Fsp3) is 0.259. The van der Waals surface area contributed by atoms with Gasteiger partial charge in [-0.25, -0.2) is 0 Å². The van der Waals surface area contributed by atoms with Crippen molar-refractivity contribution in [2.75, 3.05) is 23.9 Å². The Labute approximate surface area is 220 Å². The first-order valence-electron chi connectivity index (χ1n) is 11.6. The van der Waals surface area contributed by atoms with E-state index in [1.54, 1.807) is 43.5 Å². The number of fused-ring (bicyclic) bond motifs is 4. The number of halogens is 1. The van der Waals surface area contributed by atoms with Crippen LogP contribution in [0.15, 0.2) is 66.7 Å². The number of nitrogens with one attached hydrogen (secondary N) is 2. The van der Waals surface area contributed by atoms with Gasteiger partial charge in [0.05, 0.1) is 19.8 Å². The van der Waals surface area contributed by atoms with Gasteiger partial charge in [-0.15, -0.1) is 0 Å². The van der Waals surface area contributed by atoms with Crippen molar-refractivity contribution >= 4 is 46.2 Å². The third-order valence-electron chi connectivity index (χ3n) is 6.50. The molecule has 2 bridgehead atoms. The highest BCUT2D eigenvalue weighted by atomic mass is 35.5. The maximum absolute atomic E-state index is 13.9. The molecule has 0 unspecified atom stereocenters. The van der Waals surface area contributed by atoms with Crippen LogP contribution in [0.3, 0.4) is 0 Å². The van der Waals surface area contributed by atoms with Crippen LogP contribution in [0.25, 0.3) is 0 Å². The first-order chi connectivity index (χ1) is 17.4. The van der Waals surface area contributed by atoms with E-state index >= 15 is 0 Å². The highest BCUT2D eigenvalue weighted by Crippen LogP contribution is 2.52. The third kappa shape index (κ3) is 4.10. The van der Waals surface area contributed by atoms with Gasteiger partial charge in [-0.3, -0.25) is 9.69 Å². The number of hydrogen-bond acceptors (Lipinski definition) is 5. The van der Waals surface area contributed by atoms with Crippen molar-refractivity contribution in [1.29, 1.82) is 0 Å². The summed E-state index contributed by atoms with van der Waals surface area (Å²) in [6.45, 7) is 4.27. The molecule has 0 aliphatic carbocycles. The highest BCUT2D eigenvalue weighted by Gasteiger charge is 2.59. The number of rotatable bonds is 6. The standard InChI is InChI=1S/C27H26ClN3O4S/c1-4-34-21-10-6-9-20-23-22(25(32)29-17-11-13-19(33-3)14-12-17)27(2,35-24(20)21)31(26(36)30-23)18-8-5-7-16(28)15-18/h5-15,22-23H,4H2,1-3H3,(H,29,32)(H,30,36)/t22-,23+,27+/m1/s1. The molecule has 7 nitrogen and oxygen atoms in total. The fourth-order valence-corrected chi connectivity index (χ4v) is 5.54. The molecule has 9 heteroatoms. The van der Waals surface area contributed by atoms with E-state index in [9.17, 15) is 4.79 Å². The van der Waals surface area contributed by atoms with E-state index < -0.39 is 17.7 Å². The van der Waals surface area contributed by atoms with Gasteiger partial charge in [0.25, 0.3) is 0 Å². The number of amides is 1. The number of hydrogen-bond donors (Lipinski definition) is 2. The van der Waals surface area contributed by atoms with Crippen LogP contribution in [0.1, 0.15) is 25.5 Å². The molecule has 3 atom stereocenters. The summed E-state index contributed by atoms with van der Waals surface area (Å²) in [6, 6.07) is 19.7. The van der Waals surface area contributed by atoms with Gasteiger partial charge in [0.2, 0.25) is 5.91 Å². The van der Waals surface area contributed by atoms with Crippen LogP contribution >= 0.6 is 23.8 Å². The third-order valence-corrected chi connectivity index (χ3v) is 7.03. The lowest BCUT2D eigenvalue weighted by Gasteiger charge is -2.56. The molecular weight excluding hydrogens is 498 g/mol. The van der Waals surface area contributed by atoms with Crippen LogP contribution in [0.2, 0.25) is 5.02 Å². The Bertz CT molecular complexity index is 1320. The minimum Gasteiger partial charge on any atom is -0.497 e. The van der Waals surface area contributed by atoms with Crippen molar-refractivity contribution in [3.8, 4) is 17.2 Å². The van der Waals surface area contributed by atoms with Crippen LogP contribution in [0, 0.1) is 5.92 Å². The molecule has 0 aromatic heterocycles. The Morgan fingerprint density at radius 1 is 1.19 bits per heavy atom. The van der Waals surface area contributed by atoms with E-state index in [-0.39, 0.29) is 5.91 Å². The molecule has 3 aromatic rings. The summed E-state index contributed by atoms with van der Waals surface area (Å²) in [6.07, 6.45) is 0. The summed E-state index contributed by atoms with van der Waals surface area (Å²) in [4.78, 5) is 15.7.